The fourth-order valence-electron chi connectivity index (χ4n) is 2.88. The van der Waals surface area contributed by atoms with E-state index in [1.54, 1.807) is 7.11 Å². The van der Waals surface area contributed by atoms with Crippen molar-refractivity contribution in [3.05, 3.63) is 29.8 Å². The number of rotatable bonds is 5. The fraction of sp³-hybridized carbons (Fsp3) is 0.500. The molecule has 1 fully saturated rings. The molecule has 0 spiro atoms. The zero-order valence-corrected chi connectivity index (χ0v) is 12.4. The number of ether oxygens (including phenoxy) is 1. The number of amides is 1. The van der Waals surface area contributed by atoms with Crippen LogP contribution in [0.1, 0.15) is 37.7 Å². The molecule has 0 aromatic heterocycles. The van der Waals surface area contributed by atoms with E-state index >= 15 is 0 Å². The van der Waals surface area contributed by atoms with Crippen LogP contribution in [0.15, 0.2) is 24.3 Å². The number of carbonyl (C=O) groups excluding carboxylic acids is 1. The lowest BCUT2D eigenvalue weighted by atomic mass is 9.94. The van der Waals surface area contributed by atoms with Gasteiger partial charge in [0.25, 0.3) is 0 Å². The standard InChI is InChI=1S/C16H21NO4/c1-3-13(11-6-8-12(21-2)9-7-11)15(18)17-10-4-5-14(17)16(19)20/h6-9,13-14H,3-5,10H2,1-2H3,(H,19,20). The molecule has 0 saturated carbocycles. The van der Waals surface area contributed by atoms with Gasteiger partial charge in [-0.1, -0.05) is 19.1 Å². The molecule has 2 rings (SSSR count). The van der Waals surface area contributed by atoms with Crippen molar-refractivity contribution in [3.63, 3.8) is 0 Å². The smallest absolute Gasteiger partial charge is 0.326 e. The van der Waals surface area contributed by atoms with Gasteiger partial charge in [0.2, 0.25) is 5.91 Å². The Kier molecular flexibility index (Phi) is 4.83. The average Bonchev–Trinajstić information content (AvgIpc) is 2.98. The Morgan fingerprint density at radius 2 is 2.05 bits per heavy atom. The number of aliphatic carboxylic acids is 1. The second-order valence-corrected chi connectivity index (χ2v) is 5.26. The Morgan fingerprint density at radius 3 is 2.57 bits per heavy atom. The van der Waals surface area contributed by atoms with E-state index in [2.05, 4.69) is 0 Å². The lowest BCUT2D eigenvalue weighted by Crippen LogP contribution is -2.42. The predicted octanol–water partition coefficient (Wildman–Crippen LogP) is 2.26. The molecule has 1 aliphatic rings. The van der Waals surface area contributed by atoms with E-state index in [-0.39, 0.29) is 11.8 Å². The molecule has 5 nitrogen and oxygen atoms in total. The molecule has 1 aromatic rings. The molecular formula is C16H21NO4. The Labute approximate surface area is 124 Å². The fourth-order valence-corrected chi connectivity index (χ4v) is 2.88. The van der Waals surface area contributed by atoms with Gasteiger partial charge in [0, 0.05) is 6.54 Å². The van der Waals surface area contributed by atoms with Gasteiger partial charge in [0.1, 0.15) is 11.8 Å². The van der Waals surface area contributed by atoms with Gasteiger partial charge in [-0.2, -0.15) is 0 Å². The van der Waals surface area contributed by atoms with Crippen molar-refractivity contribution in [3.8, 4) is 5.75 Å². The zero-order valence-electron chi connectivity index (χ0n) is 12.4. The molecule has 0 bridgehead atoms. The van der Waals surface area contributed by atoms with Crippen molar-refractivity contribution >= 4 is 11.9 Å². The molecular weight excluding hydrogens is 270 g/mol. The molecule has 2 unspecified atom stereocenters. The summed E-state index contributed by atoms with van der Waals surface area (Å²) in [7, 11) is 1.60. The van der Waals surface area contributed by atoms with Crippen LogP contribution in [0.3, 0.4) is 0 Å². The second-order valence-electron chi connectivity index (χ2n) is 5.26. The maximum absolute atomic E-state index is 12.7. The highest BCUT2D eigenvalue weighted by Crippen LogP contribution is 2.28. The minimum atomic E-state index is -0.912. The van der Waals surface area contributed by atoms with Crippen LogP contribution in [0.5, 0.6) is 5.75 Å². The van der Waals surface area contributed by atoms with Crippen molar-refractivity contribution in [2.24, 2.45) is 0 Å². The van der Waals surface area contributed by atoms with E-state index in [0.29, 0.717) is 19.4 Å². The Balaban J connectivity index is 2.19. The number of likely N-dealkylation sites (tertiary alicyclic amines) is 1. The highest BCUT2D eigenvalue weighted by atomic mass is 16.5. The normalized spacial score (nSPS) is 19.3. The summed E-state index contributed by atoms with van der Waals surface area (Å²) < 4.78 is 5.12. The minimum Gasteiger partial charge on any atom is -0.497 e. The van der Waals surface area contributed by atoms with Crippen molar-refractivity contribution in [2.75, 3.05) is 13.7 Å². The Morgan fingerprint density at radius 1 is 1.38 bits per heavy atom. The molecule has 1 aliphatic heterocycles. The van der Waals surface area contributed by atoms with E-state index in [1.807, 2.05) is 31.2 Å². The monoisotopic (exact) mass is 291 g/mol. The van der Waals surface area contributed by atoms with Crippen molar-refractivity contribution in [1.82, 2.24) is 4.90 Å². The van der Waals surface area contributed by atoms with Gasteiger partial charge in [-0.15, -0.1) is 0 Å². The zero-order chi connectivity index (χ0) is 15.4. The first-order valence-electron chi connectivity index (χ1n) is 7.25. The number of carbonyl (C=O) groups is 2. The van der Waals surface area contributed by atoms with Crippen LogP contribution in [0.25, 0.3) is 0 Å². The van der Waals surface area contributed by atoms with Gasteiger partial charge >= 0.3 is 5.97 Å². The van der Waals surface area contributed by atoms with E-state index in [4.69, 9.17) is 4.74 Å². The molecule has 1 amide bonds. The van der Waals surface area contributed by atoms with Gasteiger partial charge in [0.15, 0.2) is 0 Å². The molecule has 1 N–H and O–H groups in total. The number of hydrogen-bond acceptors (Lipinski definition) is 3. The van der Waals surface area contributed by atoms with E-state index < -0.39 is 12.0 Å². The maximum atomic E-state index is 12.7. The van der Waals surface area contributed by atoms with Crippen LogP contribution in [0.2, 0.25) is 0 Å². The largest absolute Gasteiger partial charge is 0.497 e. The summed E-state index contributed by atoms with van der Waals surface area (Å²) >= 11 is 0. The maximum Gasteiger partial charge on any atom is 0.326 e. The van der Waals surface area contributed by atoms with Gasteiger partial charge in [0.05, 0.1) is 13.0 Å². The summed E-state index contributed by atoms with van der Waals surface area (Å²) in [5.41, 5.74) is 0.902. The Bertz CT molecular complexity index is 512. The van der Waals surface area contributed by atoms with Crippen LogP contribution < -0.4 is 4.74 Å². The van der Waals surface area contributed by atoms with Gasteiger partial charge in [-0.3, -0.25) is 4.79 Å². The molecule has 2 atom stereocenters. The van der Waals surface area contributed by atoms with Crippen LogP contribution in [-0.2, 0) is 9.59 Å². The summed E-state index contributed by atoms with van der Waals surface area (Å²) in [6.45, 7) is 2.47. The van der Waals surface area contributed by atoms with Gasteiger partial charge in [-0.05, 0) is 37.0 Å². The highest BCUT2D eigenvalue weighted by Gasteiger charge is 2.36. The van der Waals surface area contributed by atoms with Crippen LogP contribution >= 0.6 is 0 Å². The summed E-state index contributed by atoms with van der Waals surface area (Å²) in [6, 6.07) is 6.71. The van der Waals surface area contributed by atoms with E-state index in [0.717, 1.165) is 17.7 Å². The number of nitrogens with zero attached hydrogens (tertiary/aromatic N) is 1. The van der Waals surface area contributed by atoms with E-state index in [9.17, 15) is 14.7 Å². The SMILES string of the molecule is CCC(C(=O)N1CCCC1C(=O)O)c1ccc(OC)cc1. The number of methoxy groups -OCH3 is 1. The first kappa shape index (κ1) is 15.4. The lowest BCUT2D eigenvalue weighted by molar-refractivity contribution is -0.148. The molecule has 114 valence electrons. The minimum absolute atomic E-state index is 0.0902. The molecule has 21 heavy (non-hydrogen) atoms. The quantitative estimate of drug-likeness (QED) is 0.903. The lowest BCUT2D eigenvalue weighted by Gasteiger charge is -2.26. The number of benzene rings is 1. The molecule has 1 aromatic carbocycles. The average molecular weight is 291 g/mol. The van der Waals surface area contributed by atoms with Gasteiger partial charge < -0.3 is 14.7 Å². The van der Waals surface area contributed by atoms with Crippen LogP contribution in [0, 0.1) is 0 Å². The highest BCUT2D eigenvalue weighted by molar-refractivity contribution is 5.88. The van der Waals surface area contributed by atoms with Crippen molar-refractivity contribution in [2.45, 2.75) is 38.1 Å². The third-order valence-corrected chi connectivity index (χ3v) is 4.05. The summed E-state index contributed by atoms with van der Waals surface area (Å²) in [6.07, 6.45) is 1.94. The molecule has 5 heteroatoms. The summed E-state index contributed by atoms with van der Waals surface area (Å²) in [5, 5.41) is 9.22. The predicted molar refractivity (Wildman–Crippen MR) is 78.4 cm³/mol. The number of carboxylic acids is 1. The number of hydrogen-bond donors (Lipinski definition) is 1. The van der Waals surface area contributed by atoms with E-state index in [1.165, 1.54) is 4.90 Å². The third kappa shape index (κ3) is 3.17. The molecule has 0 aliphatic carbocycles. The summed E-state index contributed by atoms with van der Waals surface area (Å²) in [4.78, 5) is 25.4. The molecule has 1 saturated heterocycles. The van der Waals surface area contributed by atoms with Crippen molar-refractivity contribution in [1.29, 1.82) is 0 Å². The topological polar surface area (TPSA) is 66.8 Å². The van der Waals surface area contributed by atoms with Gasteiger partial charge in [-0.25, -0.2) is 4.79 Å². The number of carboxylic acid groups (broad SMARTS) is 1. The molecule has 1 heterocycles. The third-order valence-electron chi connectivity index (χ3n) is 4.05. The van der Waals surface area contributed by atoms with Crippen LogP contribution in [0.4, 0.5) is 0 Å². The molecule has 0 radical (unpaired) electrons. The Hall–Kier alpha value is -2.04. The second kappa shape index (κ2) is 6.61. The first-order chi connectivity index (χ1) is 10.1. The van der Waals surface area contributed by atoms with Crippen LogP contribution in [-0.4, -0.2) is 41.6 Å². The summed E-state index contributed by atoms with van der Waals surface area (Å²) in [5.74, 6) is -0.556. The first-order valence-corrected chi connectivity index (χ1v) is 7.25. The van der Waals surface area contributed by atoms with Crippen molar-refractivity contribution < 1.29 is 19.4 Å².